The van der Waals surface area contributed by atoms with Gasteiger partial charge in [-0.15, -0.1) is 22.7 Å². The van der Waals surface area contributed by atoms with Crippen LogP contribution >= 0.6 is 22.7 Å². The maximum atomic E-state index is 13.1. The molecule has 0 bridgehead atoms. The maximum absolute atomic E-state index is 13.1. The number of hydrogen-bond donors (Lipinski definition) is 0. The van der Waals surface area contributed by atoms with E-state index in [1.807, 2.05) is 16.3 Å². The number of thiophene rings is 2. The number of halogens is 1. The van der Waals surface area contributed by atoms with Crippen molar-refractivity contribution < 1.29 is 13.7 Å². The lowest BCUT2D eigenvalue weighted by molar-refractivity contribution is -0.133. The lowest BCUT2D eigenvalue weighted by atomic mass is 9.98. The summed E-state index contributed by atoms with van der Waals surface area (Å²) in [5, 5.41) is 8.11. The van der Waals surface area contributed by atoms with Gasteiger partial charge in [0.1, 0.15) is 5.82 Å². The van der Waals surface area contributed by atoms with Gasteiger partial charge in [0, 0.05) is 34.7 Å². The third kappa shape index (κ3) is 3.68. The Morgan fingerprint density at radius 1 is 1.17 bits per heavy atom. The van der Waals surface area contributed by atoms with Gasteiger partial charge < -0.3 is 9.42 Å². The topological polar surface area (TPSA) is 59.2 Å². The minimum atomic E-state index is -0.316. The molecule has 5 nitrogen and oxygen atoms in total. The molecule has 0 N–H and O–H groups in total. The van der Waals surface area contributed by atoms with Gasteiger partial charge in [-0.25, -0.2) is 4.39 Å². The zero-order chi connectivity index (χ0) is 20.5. The van der Waals surface area contributed by atoms with Crippen LogP contribution in [-0.4, -0.2) is 27.5 Å². The molecular weight excluding hydrogens is 421 g/mol. The minimum Gasteiger partial charge on any atom is -0.339 e. The molecule has 3 aromatic heterocycles. The molecule has 152 valence electrons. The molecule has 0 aliphatic carbocycles. The van der Waals surface area contributed by atoms with Crippen LogP contribution in [0.5, 0.6) is 0 Å². The van der Waals surface area contributed by atoms with Gasteiger partial charge in [-0.2, -0.15) is 4.98 Å². The number of aromatic nitrogens is 2. The average Bonchev–Trinajstić information content (AvgIpc) is 3.53. The zero-order valence-corrected chi connectivity index (χ0v) is 17.6. The maximum Gasteiger partial charge on any atom is 0.227 e. The predicted molar refractivity (Wildman–Crippen MR) is 114 cm³/mol. The Morgan fingerprint density at radius 3 is 2.83 bits per heavy atom. The van der Waals surface area contributed by atoms with Gasteiger partial charge in [0.25, 0.3) is 0 Å². The van der Waals surface area contributed by atoms with Crippen LogP contribution in [0.15, 0.2) is 57.7 Å². The van der Waals surface area contributed by atoms with Crippen molar-refractivity contribution in [2.24, 2.45) is 0 Å². The second-order valence-corrected chi connectivity index (χ2v) is 9.05. The summed E-state index contributed by atoms with van der Waals surface area (Å²) in [5.41, 5.74) is 1.91. The summed E-state index contributed by atoms with van der Waals surface area (Å²) in [6.45, 7) is 0.708. The second-order valence-electron chi connectivity index (χ2n) is 7.07. The molecule has 0 saturated carbocycles. The fourth-order valence-corrected chi connectivity index (χ4v) is 5.53. The molecule has 0 saturated heterocycles. The number of fused-ring (bicyclic) bond motifs is 1. The van der Waals surface area contributed by atoms with Crippen molar-refractivity contribution in [1.29, 1.82) is 0 Å². The lowest BCUT2D eigenvalue weighted by Gasteiger charge is -2.35. The molecule has 8 heteroatoms. The zero-order valence-electron chi connectivity index (χ0n) is 16.0. The van der Waals surface area contributed by atoms with E-state index in [4.69, 9.17) is 4.52 Å². The third-order valence-electron chi connectivity index (χ3n) is 5.22. The van der Waals surface area contributed by atoms with Crippen LogP contribution in [0.2, 0.25) is 0 Å². The summed E-state index contributed by atoms with van der Waals surface area (Å²) in [5.74, 6) is 0.564. The van der Waals surface area contributed by atoms with Gasteiger partial charge in [0.15, 0.2) is 0 Å². The van der Waals surface area contributed by atoms with Crippen molar-refractivity contribution in [2.75, 3.05) is 6.54 Å². The number of carbonyl (C=O) groups is 1. The first-order valence-electron chi connectivity index (χ1n) is 9.67. The van der Waals surface area contributed by atoms with Crippen LogP contribution in [0, 0.1) is 5.82 Å². The second kappa shape index (κ2) is 8.12. The predicted octanol–water partition coefficient (Wildman–Crippen LogP) is 5.11. The van der Waals surface area contributed by atoms with Gasteiger partial charge in [-0.3, -0.25) is 4.79 Å². The normalized spacial score (nSPS) is 15.9. The molecule has 4 aromatic rings. The summed E-state index contributed by atoms with van der Waals surface area (Å²) >= 11 is 3.44. The summed E-state index contributed by atoms with van der Waals surface area (Å²) in [6.07, 6.45) is 1.56. The molecular formula is C22H18FN3O2S2. The number of benzene rings is 1. The van der Waals surface area contributed by atoms with Crippen molar-refractivity contribution in [1.82, 2.24) is 15.0 Å². The fourth-order valence-electron chi connectivity index (χ4n) is 3.77. The molecule has 1 amide bonds. The van der Waals surface area contributed by atoms with E-state index in [1.165, 1.54) is 27.5 Å². The summed E-state index contributed by atoms with van der Waals surface area (Å²) in [6, 6.07) is 12.2. The number of carbonyl (C=O) groups excluding carboxylic acids is 1. The standard InChI is InChI=1S/C22H18FN3O2S2/c23-15-5-3-14(4-6-15)22-24-19(28-25-22)7-8-20(27)26-11-9-17-16(10-13-30-17)21(26)18-2-1-12-29-18/h1-6,10,12-13,21H,7-9,11H2/t21-/m1/s1. The van der Waals surface area contributed by atoms with Crippen molar-refractivity contribution in [2.45, 2.75) is 25.3 Å². The Bertz CT molecular complexity index is 1150. The highest BCUT2D eigenvalue weighted by Gasteiger charge is 2.33. The van der Waals surface area contributed by atoms with Gasteiger partial charge in [-0.1, -0.05) is 11.2 Å². The third-order valence-corrected chi connectivity index (χ3v) is 7.14. The smallest absolute Gasteiger partial charge is 0.227 e. The Morgan fingerprint density at radius 2 is 2.03 bits per heavy atom. The van der Waals surface area contributed by atoms with Crippen LogP contribution in [0.25, 0.3) is 11.4 Å². The molecule has 0 fully saturated rings. The Kier molecular flexibility index (Phi) is 5.18. The largest absolute Gasteiger partial charge is 0.339 e. The highest BCUT2D eigenvalue weighted by Crippen LogP contribution is 2.39. The first kappa shape index (κ1) is 19.1. The van der Waals surface area contributed by atoms with E-state index in [0.29, 0.717) is 36.7 Å². The Balaban J connectivity index is 1.30. The summed E-state index contributed by atoms with van der Waals surface area (Å²) in [7, 11) is 0. The number of rotatable bonds is 5. The summed E-state index contributed by atoms with van der Waals surface area (Å²) < 4.78 is 18.4. The average molecular weight is 440 g/mol. The van der Waals surface area contributed by atoms with Crippen LogP contribution in [-0.2, 0) is 17.6 Å². The quantitative estimate of drug-likeness (QED) is 0.434. The Hall–Kier alpha value is -2.84. The lowest BCUT2D eigenvalue weighted by Crippen LogP contribution is -2.39. The molecule has 1 atom stereocenters. The molecule has 4 heterocycles. The van der Waals surface area contributed by atoms with Crippen molar-refractivity contribution in [3.05, 3.63) is 80.3 Å². The van der Waals surface area contributed by atoms with E-state index < -0.39 is 0 Å². The van der Waals surface area contributed by atoms with E-state index in [0.717, 1.165) is 6.42 Å². The SMILES string of the molecule is O=C(CCc1nc(-c2ccc(F)cc2)no1)N1CCc2sccc2[C@@H]1c1cccs1. The molecule has 0 spiro atoms. The van der Waals surface area contributed by atoms with Crippen molar-refractivity contribution in [3.63, 3.8) is 0 Å². The highest BCUT2D eigenvalue weighted by atomic mass is 32.1. The Labute approximate surface area is 180 Å². The van der Waals surface area contributed by atoms with Gasteiger partial charge in [-0.05, 0) is 59.1 Å². The molecule has 0 radical (unpaired) electrons. The first-order chi connectivity index (χ1) is 14.7. The van der Waals surface area contributed by atoms with Gasteiger partial charge in [0.2, 0.25) is 17.6 Å². The van der Waals surface area contributed by atoms with Crippen LogP contribution in [0.4, 0.5) is 4.39 Å². The van der Waals surface area contributed by atoms with E-state index in [2.05, 4.69) is 27.7 Å². The number of hydrogen-bond acceptors (Lipinski definition) is 6. The van der Waals surface area contributed by atoms with Gasteiger partial charge in [0.05, 0.1) is 6.04 Å². The van der Waals surface area contributed by atoms with E-state index in [-0.39, 0.29) is 17.8 Å². The highest BCUT2D eigenvalue weighted by molar-refractivity contribution is 7.10. The number of amides is 1. The molecule has 1 aromatic carbocycles. The van der Waals surface area contributed by atoms with Gasteiger partial charge >= 0.3 is 0 Å². The summed E-state index contributed by atoms with van der Waals surface area (Å²) in [4.78, 5) is 22.0. The van der Waals surface area contributed by atoms with E-state index in [9.17, 15) is 9.18 Å². The van der Waals surface area contributed by atoms with E-state index >= 15 is 0 Å². The first-order valence-corrected chi connectivity index (χ1v) is 11.4. The van der Waals surface area contributed by atoms with Crippen LogP contribution in [0.1, 0.15) is 33.7 Å². The van der Waals surface area contributed by atoms with Crippen LogP contribution in [0.3, 0.4) is 0 Å². The minimum absolute atomic E-state index is 0.0232. The number of aryl methyl sites for hydroxylation is 1. The molecule has 1 aliphatic rings. The molecule has 1 aliphatic heterocycles. The molecule has 30 heavy (non-hydrogen) atoms. The monoisotopic (exact) mass is 439 g/mol. The van der Waals surface area contributed by atoms with Crippen LogP contribution < -0.4 is 0 Å². The van der Waals surface area contributed by atoms with Crippen molar-refractivity contribution in [3.8, 4) is 11.4 Å². The molecule has 5 rings (SSSR count). The number of nitrogens with zero attached hydrogens (tertiary/aromatic N) is 3. The van der Waals surface area contributed by atoms with Crippen molar-refractivity contribution >= 4 is 28.6 Å². The van der Waals surface area contributed by atoms with E-state index in [1.54, 1.807) is 34.8 Å². The molecule has 0 unspecified atom stereocenters. The fraction of sp³-hybridized carbons (Fsp3) is 0.227.